The molecule has 0 heteroatoms. The number of rotatable bonds is 1. The molecule has 0 saturated heterocycles. The van der Waals surface area contributed by atoms with Crippen LogP contribution in [0.3, 0.4) is 0 Å². The van der Waals surface area contributed by atoms with Gasteiger partial charge in [0.25, 0.3) is 0 Å². The summed E-state index contributed by atoms with van der Waals surface area (Å²) in [6, 6.07) is 17.4. The van der Waals surface area contributed by atoms with E-state index in [-0.39, 0.29) is 0 Å². The van der Waals surface area contributed by atoms with E-state index in [0.717, 1.165) is 19.3 Å². The van der Waals surface area contributed by atoms with Gasteiger partial charge < -0.3 is 0 Å². The predicted molar refractivity (Wildman–Crippen MR) is 83.5 cm³/mol. The van der Waals surface area contributed by atoms with E-state index in [2.05, 4.69) is 66.8 Å². The van der Waals surface area contributed by atoms with Gasteiger partial charge in [-0.2, -0.15) is 0 Å². The average molecular weight is 257 g/mol. The van der Waals surface area contributed by atoms with Gasteiger partial charge in [0, 0.05) is 5.92 Å². The van der Waals surface area contributed by atoms with E-state index in [9.17, 15) is 0 Å². The molecule has 0 fully saturated rings. The Bertz CT molecular complexity index is 703. The first-order valence-electron chi connectivity index (χ1n) is 7.38. The quantitative estimate of drug-likeness (QED) is 0.681. The van der Waals surface area contributed by atoms with Crippen molar-refractivity contribution in [3.63, 3.8) is 0 Å². The molecular weight excluding hydrogens is 240 g/mol. The number of fused-ring (bicyclic) bond motifs is 2. The van der Waals surface area contributed by atoms with Crippen molar-refractivity contribution in [3.05, 3.63) is 88.5 Å². The fourth-order valence-corrected chi connectivity index (χ4v) is 3.39. The zero-order chi connectivity index (χ0) is 13.4. The van der Waals surface area contributed by atoms with Gasteiger partial charge >= 0.3 is 0 Å². The van der Waals surface area contributed by atoms with Crippen molar-refractivity contribution in [3.8, 4) is 0 Å². The van der Waals surface area contributed by atoms with Crippen molar-refractivity contribution in [1.82, 2.24) is 0 Å². The van der Waals surface area contributed by atoms with Crippen LogP contribution in [0, 0.1) is 6.08 Å². The van der Waals surface area contributed by atoms with Crippen LogP contribution in [0.1, 0.15) is 41.0 Å². The average Bonchev–Trinajstić information content (AvgIpc) is 2.54. The molecule has 2 aromatic carbocycles. The van der Waals surface area contributed by atoms with Gasteiger partial charge in [-0.3, -0.25) is 0 Å². The molecule has 20 heavy (non-hydrogen) atoms. The topological polar surface area (TPSA) is 0 Å². The lowest BCUT2D eigenvalue weighted by atomic mass is 9.77. The van der Waals surface area contributed by atoms with Gasteiger partial charge in [-0.05, 0) is 47.6 Å². The molecule has 0 nitrogen and oxygen atoms in total. The van der Waals surface area contributed by atoms with Crippen LogP contribution in [-0.4, -0.2) is 0 Å². The summed E-state index contributed by atoms with van der Waals surface area (Å²) >= 11 is 0. The normalized spacial score (nSPS) is 20.0. The molecule has 0 aromatic heterocycles. The minimum atomic E-state index is 0.518. The maximum Gasteiger partial charge on any atom is 0.00982 e. The Morgan fingerprint density at radius 2 is 1.75 bits per heavy atom. The Kier molecular flexibility index (Phi) is 2.81. The first-order valence-corrected chi connectivity index (χ1v) is 7.38. The first-order chi connectivity index (χ1) is 9.92. The largest absolute Gasteiger partial charge is 0.0830 e. The summed E-state index contributed by atoms with van der Waals surface area (Å²) < 4.78 is 0. The Balaban J connectivity index is 1.77. The van der Waals surface area contributed by atoms with E-state index in [0.29, 0.717) is 5.92 Å². The second-order valence-corrected chi connectivity index (χ2v) is 5.63. The summed E-state index contributed by atoms with van der Waals surface area (Å²) in [5.74, 6) is 0.518. The zero-order valence-corrected chi connectivity index (χ0v) is 11.5. The molecular formula is C20H17. The fourth-order valence-electron chi connectivity index (χ4n) is 3.39. The lowest BCUT2D eigenvalue weighted by Gasteiger charge is -2.27. The molecule has 0 aliphatic heterocycles. The summed E-state index contributed by atoms with van der Waals surface area (Å²) in [5.41, 5.74) is 7.05. The second kappa shape index (κ2) is 4.79. The second-order valence-electron chi connectivity index (χ2n) is 5.63. The zero-order valence-electron chi connectivity index (χ0n) is 11.5. The predicted octanol–water partition coefficient (Wildman–Crippen LogP) is 4.91. The monoisotopic (exact) mass is 257 g/mol. The molecule has 1 radical (unpaired) electrons. The third kappa shape index (κ3) is 1.92. The highest BCUT2D eigenvalue weighted by molar-refractivity contribution is 5.59. The molecule has 2 aliphatic carbocycles. The molecule has 0 bridgehead atoms. The van der Waals surface area contributed by atoms with Crippen molar-refractivity contribution in [2.45, 2.75) is 25.2 Å². The highest BCUT2D eigenvalue weighted by Crippen LogP contribution is 2.39. The minimum absolute atomic E-state index is 0.518. The summed E-state index contributed by atoms with van der Waals surface area (Å²) in [6.45, 7) is 0. The molecule has 0 spiro atoms. The molecule has 1 unspecified atom stereocenters. The van der Waals surface area contributed by atoms with Crippen LogP contribution in [0.5, 0.6) is 0 Å². The lowest BCUT2D eigenvalue weighted by molar-refractivity contribution is 0.723. The molecule has 1 atom stereocenters. The van der Waals surface area contributed by atoms with Gasteiger partial charge in [0.15, 0.2) is 0 Å². The van der Waals surface area contributed by atoms with Gasteiger partial charge in [-0.15, -0.1) is 0 Å². The van der Waals surface area contributed by atoms with Crippen LogP contribution in [-0.2, 0) is 6.42 Å². The molecule has 2 aromatic rings. The van der Waals surface area contributed by atoms with Crippen LogP contribution in [0.4, 0.5) is 0 Å². The summed E-state index contributed by atoms with van der Waals surface area (Å²) in [5, 5.41) is 0. The Morgan fingerprint density at radius 1 is 0.900 bits per heavy atom. The number of allylic oxidation sites excluding steroid dienone is 2. The van der Waals surface area contributed by atoms with Crippen molar-refractivity contribution < 1.29 is 0 Å². The smallest absolute Gasteiger partial charge is 0.00982 e. The number of aryl methyl sites for hydroxylation is 1. The van der Waals surface area contributed by atoms with E-state index in [4.69, 9.17) is 0 Å². The fraction of sp³-hybridized carbons (Fsp3) is 0.200. The minimum Gasteiger partial charge on any atom is -0.0830 e. The number of benzene rings is 2. The maximum atomic E-state index is 3.69. The van der Waals surface area contributed by atoms with Crippen LogP contribution < -0.4 is 0 Å². The highest BCUT2D eigenvalue weighted by Gasteiger charge is 2.23. The van der Waals surface area contributed by atoms with Crippen LogP contribution >= 0.6 is 0 Å². The van der Waals surface area contributed by atoms with Crippen LogP contribution in [0.2, 0.25) is 0 Å². The highest BCUT2D eigenvalue weighted by atomic mass is 14.3. The van der Waals surface area contributed by atoms with Gasteiger partial charge in [-0.1, -0.05) is 66.3 Å². The summed E-state index contributed by atoms with van der Waals surface area (Å²) in [7, 11) is 0. The van der Waals surface area contributed by atoms with Crippen molar-refractivity contribution in [2.75, 3.05) is 0 Å². The molecule has 97 valence electrons. The third-order valence-electron chi connectivity index (χ3n) is 4.44. The van der Waals surface area contributed by atoms with E-state index in [1.165, 1.54) is 27.8 Å². The SMILES string of the molecule is [C]1=C(C2CC=Cc3ccccc32)CCc2ccccc21. The van der Waals surface area contributed by atoms with Gasteiger partial charge in [0.05, 0.1) is 0 Å². The molecule has 0 heterocycles. The number of hydrogen-bond acceptors (Lipinski definition) is 0. The Hall–Kier alpha value is -2.08. The molecule has 4 rings (SSSR count). The molecule has 0 amide bonds. The van der Waals surface area contributed by atoms with Gasteiger partial charge in [-0.25, -0.2) is 0 Å². The Morgan fingerprint density at radius 3 is 2.75 bits per heavy atom. The van der Waals surface area contributed by atoms with Gasteiger partial charge in [0.2, 0.25) is 0 Å². The van der Waals surface area contributed by atoms with Crippen molar-refractivity contribution >= 4 is 6.08 Å². The van der Waals surface area contributed by atoms with Gasteiger partial charge in [0.1, 0.15) is 0 Å². The van der Waals surface area contributed by atoms with E-state index in [1.807, 2.05) is 0 Å². The van der Waals surface area contributed by atoms with Crippen LogP contribution in [0.25, 0.3) is 6.08 Å². The standard InChI is InChI=1S/C20H17/c1-2-8-17-14-18(13-12-15(17)6-1)20-11-5-9-16-7-3-4-10-19(16)20/h1-10,20H,11-13H2. The van der Waals surface area contributed by atoms with Crippen molar-refractivity contribution in [1.29, 1.82) is 0 Å². The lowest BCUT2D eigenvalue weighted by Crippen LogP contribution is -2.11. The Labute approximate surface area is 120 Å². The maximum absolute atomic E-state index is 3.69. The van der Waals surface area contributed by atoms with E-state index in [1.54, 1.807) is 0 Å². The van der Waals surface area contributed by atoms with Crippen LogP contribution in [0.15, 0.2) is 60.2 Å². The van der Waals surface area contributed by atoms with E-state index >= 15 is 0 Å². The first kappa shape index (κ1) is 11.7. The third-order valence-corrected chi connectivity index (χ3v) is 4.44. The van der Waals surface area contributed by atoms with E-state index < -0.39 is 0 Å². The molecule has 0 saturated carbocycles. The molecule has 0 N–H and O–H groups in total. The van der Waals surface area contributed by atoms with Crippen molar-refractivity contribution in [2.24, 2.45) is 0 Å². The molecule has 2 aliphatic rings. The summed E-state index contributed by atoms with van der Waals surface area (Å²) in [6.07, 6.45) is 11.7. The number of hydrogen-bond donors (Lipinski definition) is 0. The summed E-state index contributed by atoms with van der Waals surface area (Å²) in [4.78, 5) is 0.